The summed E-state index contributed by atoms with van der Waals surface area (Å²) in [7, 11) is 0. The maximum atomic E-state index is 12.8. The molecule has 0 radical (unpaired) electrons. The molecule has 1 fully saturated rings. The number of carbonyl (C=O) groups is 1. The number of fused-ring (bicyclic) bond motifs is 1. The first-order chi connectivity index (χ1) is 10.6. The second kappa shape index (κ2) is 6.23. The first-order valence-electron chi connectivity index (χ1n) is 8.37. The van der Waals surface area contributed by atoms with Gasteiger partial charge in [-0.15, -0.1) is 0 Å². The third-order valence-electron chi connectivity index (χ3n) is 5.00. The van der Waals surface area contributed by atoms with Crippen molar-refractivity contribution in [2.75, 3.05) is 39.3 Å². The predicted octanol–water partition coefficient (Wildman–Crippen LogP) is -0.229. The number of Topliss-reactive ketones (excluding diaryl/α,β-unsaturated/α-hetero) is 1. The Morgan fingerprint density at radius 2 is 1.82 bits per heavy atom. The van der Waals surface area contributed by atoms with E-state index in [9.17, 15) is 4.79 Å². The van der Waals surface area contributed by atoms with E-state index >= 15 is 0 Å². The van der Waals surface area contributed by atoms with Crippen LogP contribution in [0.15, 0.2) is 18.2 Å². The molecule has 1 aliphatic rings. The van der Waals surface area contributed by atoms with Gasteiger partial charge < -0.3 is 14.8 Å². The van der Waals surface area contributed by atoms with Crippen LogP contribution >= 0.6 is 0 Å². The van der Waals surface area contributed by atoms with E-state index in [4.69, 9.17) is 0 Å². The maximum Gasteiger partial charge on any atom is 0.219 e. The first-order valence-corrected chi connectivity index (χ1v) is 8.37. The molecule has 0 atom stereocenters. The zero-order chi connectivity index (χ0) is 15.7. The molecule has 0 spiro atoms. The van der Waals surface area contributed by atoms with Crippen molar-refractivity contribution in [3.63, 3.8) is 0 Å². The van der Waals surface area contributed by atoms with Gasteiger partial charge in [-0.25, -0.2) is 0 Å². The molecule has 0 aliphatic carbocycles. The van der Waals surface area contributed by atoms with E-state index in [1.54, 1.807) is 4.90 Å². The highest BCUT2D eigenvalue weighted by atomic mass is 16.1. The Hall–Kier alpha value is -1.65. The van der Waals surface area contributed by atoms with Gasteiger partial charge in [0.15, 0.2) is 0 Å². The molecule has 118 valence electrons. The van der Waals surface area contributed by atoms with E-state index < -0.39 is 0 Å². The molecule has 0 saturated carbocycles. The number of aryl methyl sites for hydroxylation is 2. The number of ketones is 1. The number of aromatic nitrogens is 1. The van der Waals surface area contributed by atoms with Crippen molar-refractivity contribution >= 4 is 16.7 Å². The molecule has 1 aromatic carbocycles. The molecule has 1 saturated heterocycles. The minimum Gasteiger partial charge on any atom is -0.358 e. The van der Waals surface area contributed by atoms with E-state index in [0.717, 1.165) is 35.2 Å². The van der Waals surface area contributed by atoms with Crippen LogP contribution in [0.4, 0.5) is 0 Å². The second-order valence-corrected chi connectivity index (χ2v) is 6.63. The summed E-state index contributed by atoms with van der Waals surface area (Å²) >= 11 is 0. The van der Waals surface area contributed by atoms with Crippen LogP contribution < -0.4 is 9.80 Å². The van der Waals surface area contributed by atoms with Crippen molar-refractivity contribution in [3.05, 3.63) is 35.0 Å². The van der Waals surface area contributed by atoms with Crippen LogP contribution in [0.25, 0.3) is 10.9 Å². The fourth-order valence-corrected chi connectivity index (χ4v) is 3.61. The van der Waals surface area contributed by atoms with Crippen LogP contribution in [0.1, 0.15) is 28.5 Å². The summed E-state index contributed by atoms with van der Waals surface area (Å²) in [6.45, 7) is 12.7. The lowest BCUT2D eigenvalue weighted by Crippen LogP contribution is -3.28. The smallest absolute Gasteiger partial charge is 0.219 e. The lowest BCUT2D eigenvalue weighted by molar-refractivity contribution is -1.01. The number of nitrogens with one attached hydrogen (secondary N) is 3. The Kier molecular flexibility index (Phi) is 4.32. The third-order valence-corrected chi connectivity index (χ3v) is 5.00. The summed E-state index contributed by atoms with van der Waals surface area (Å²) < 4.78 is 0. The van der Waals surface area contributed by atoms with Gasteiger partial charge in [0.05, 0.1) is 12.1 Å². The molecule has 0 amide bonds. The molecule has 4 heteroatoms. The van der Waals surface area contributed by atoms with Gasteiger partial charge >= 0.3 is 0 Å². The van der Waals surface area contributed by atoms with Gasteiger partial charge in [-0.3, -0.25) is 4.79 Å². The number of hydrogen-bond acceptors (Lipinski definition) is 1. The average Bonchev–Trinajstić information content (AvgIpc) is 2.83. The number of benzene rings is 1. The van der Waals surface area contributed by atoms with Crippen LogP contribution in [0.5, 0.6) is 0 Å². The largest absolute Gasteiger partial charge is 0.358 e. The van der Waals surface area contributed by atoms with Crippen molar-refractivity contribution in [1.82, 2.24) is 4.98 Å². The molecular formula is C18H27N3O+2. The molecule has 2 heterocycles. The molecule has 22 heavy (non-hydrogen) atoms. The van der Waals surface area contributed by atoms with Gasteiger partial charge in [0.2, 0.25) is 5.78 Å². The molecule has 3 N–H and O–H groups in total. The zero-order valence-electron chi connectivity index (χ0n) is 13.9. The van der Waals surface area contributed by atoms with E-state index in [-0.39, 0.29) is 5.78 Å². The van der Waals surface area contributed by atoms with Gasteiger partial charge in [-0.2, -0.15) is 0 Å². The third kappa shape index (κ3) is 2.94. The minimum atomic E-state index is 0.280. The van der Waals surface area contributed by atoms with Crippen LogP contribution in [0.3, 0.4) is 0 Å². The van der Waals surface area contributed by atoms with Crippen molar-refractivity contribution in [3.8, 4) is 0 Å². The van der Waals surface area contributed by atoms with Crippen molar-refractivity contribution in [1.29, 1.82) is 0 Å². The molecule has 1 aromatic heterocycles. The first kappa shape index (κ1) is 15.3. The molecule has 2 aromatic rings. The molecule has 3 rings (SSSR count). The van der Waals surface area contributed by atoms with Gasteiger partial charge in [-0.1, -0.05) is 12.1 Å². The van der Waals surface area contributed by atoms with E-state index in [1.807, 2.05) is 6.92 Å². The summed E-state index contributed by atoms with van der Waals surface area (Å²) in [6, 6.07) is 6.29. The van der Waals surface area contributed by atoms with Crippen LogP contribution in [0.2, 0.25) is 0 Å². The Bertz CT molecular complexity index is 681. The Labute approximate surface area is 132 Å². The summed E-state index contributed by atoms with van der Waals surface area (Å²) in [4.78, 5) is 19.3. The monoisotopic (exact) mass is 301 g/mol. The minimum absolute atomic E-state index is 0.280. The highest BCUT2D eigenvalue weighted by molar-refractivity contribution is 6.09. The highest BCUT2D eigenvalue weighted by Gasteiger charge is 2.26. The Balaban J connectivity index is 1.77. The number of aromatic amines is 1. The summed E-state index contributed by atoms with van der Waals surface area (Å²) in [5, 5.41) is 1.07. The number of likely N-dealkylation sites (N-methyl/N-ethyl adjacent to an activating group) is 1. The molecule has 0 bridgehead atoms. The van der Waals surface area contributed by atoms with E-state index in [2.05, 4.69) is 37.0 Å². The topological polar surface area (TPSA) is 41.7 Å². The molecule has 4 nitrogen and oxygen atoms in total. The summed E-state index contributed by atoms with van der Waals surface area (Å²) in [5.41, 5.74) is 4.20. The van der Waals surface area contributed by atoms with Crippen LogP contribution in [-0.4, -0.2) is 50.0 Å². The lowest BCUT2D eigenvalue weighted by Gasteiger charge is -2.28. The number of quaternary nitrogens is 2. The number of H-pyrrole nitrogens is 1. The SMILES string of the molecule is CC[NH+]1CC[NH+](CC(=O)c2c(C)[nH]c3cc(C)ccc23)CC1. The standard InChI is InChI=1S/C18H25N3O/c1-4-20-7-9-21(10-8-20)12-17(22)18-14(3)19-16-11-13(2)5-6-15(16)18/h5-6,11,19H,4,7-10,12H2,1-3H3/p+2. The van der Waals surface area contributed by atoms with E-state index in [0.29, 0.717) is 6.54 Å². The Morgan fingerprint density at radius 3 is 2.50 bits per heavy atom. The normalized spacial score (nSPS) is 22.1. The van der Waals surface area contributed by atoms with E-state index in [1.165, 1.54) is 30.1 Å². The van der Waals surface area contributed by atoms with Gasteiger partial charge in [0, 0.05) is 16.6 Å². The van der Waals surface area contributed by atoms with Gasteiger partial charge in [0.25, 0.3) is 0 Å². The number of rotatable bonds is 4. The summed E-state index contributed by atoms with van der Waals surface area (Å²) in [6.07, 6.45) is 0. The van der Waals surface area contributed by atoms with Crippen molar-refractivity contribution < 1.29 is 14.6 Å². The van der Waals surface area contributed by atoms with Crippen molar-refractivity contribution in [2.45, 2.75) is 20.8 Å². The predicted molar refractivity (Wildman–Crippen MR) is 88.9 cm³/mol. The van der Waals surface area contributed by atoms with Crippen molar-refractivity contribution in [2.24, 2.45) is 0 Å². The zero-order valence-corrected chi connectivity index (χ0v) is 13.9. The Morgan fingerprint density at radius 1 is 1.14 bits per heavy atom. The number of hydrogen-bond donors (Lipinski definition) is 3. The molecule has 0 unspecified atom stereocenters. The highest BCUT2D eigenvalue weighted by Crippen LogP contribution is 2.23. The molecular weight excluding hydrogens is 274 g/mol. The summed E-state index contributed by atoms with van der Waals surface area (Å²) in [5.74, 6) is 0.280. The van der Waals surface area contributed by atoms with Crippen LogP contribution in [0, 0.1) is 13.8 Å². The fraction of sp³-hybridized carbons (Fsp3) is 0.500. The number of carbonyl (C=O) groups excluding carboxylic acids is 1. The van der Waals surface area contributed by atoms with Crippen LogP contribution in [-0.2, 0) is 0 Å². The lowest BCUT2D eigenvalue weighted by atomic mass is 10.0. The van der Waals surface area contributed by atoms with Gasteiger partial charge in [0.1, 0.15) is 32.7 Å². The molecule has 1 aliphatic heterocycles. The quantitative estimate of drug-likeness (QED) is 0.671. The average molecular weight is 301 g/mol. The van der Waals surface area contributed by atoms with Gasteiger partial charge in [-0.05, 0) is 32.4 Å². The fourth-order valence-electron chi connectivity index (χ4n) is 3.61. The number of piperazine rings is 1. The maximum absolute atomic E-state index is 12.8. The second-order valence-electron chi connectivity index (χ2n) is 6.63.